The van der Waals surface area contributed by atoms with Gasteiger partial charge in [-0.25, -0.2) is 14.8 Å². The Hall–Kier alpha value is -1.69. The predicted molar refractivity (Wildman–Crippen MR) is 56.0 cm³/mol. The van der Waals surface area contributed by atoms with Gasteiger partial charge in [-0.3, -0.25) is 0 Å². The lowest BCUT2D eigenvalue weighted by atomic mass is 10.1. The Morgan fingerprint density at radius 3 is 3.06 bits per heavy atom. The van der Waals surface area contributed by atoms with E-state index < -0.39 is 5.97 Å². The lowest BCUT2D eigenvalue weighted by molar-refractivity contribution is 0.0601. The zero-order chi connectivity index (χ0) is 11.5. The molecule has 0 aromatic carbocycles. The summed E-state index contributed by atoms with van der Waals surface area (Å²) >= 11 is 0. The average Bonchev–Trinajstić information content (AvgIpc) is 2.81. The number of rotatable bonds is 2. The molecule has 0 amide bonds. The molecule has 86 valence electrons. The number of ether oxygens (including phenoxy) is 2. The third kappa shape index (κ3) is 1.96. The molecule has 0 saturated carbocycles. The highest BCUT2D eigenvalue weighted by Gasteiger charge is 2.22. The number of esters is 1. The van der Waals surface area contributed by atoms with Gasteiger partial charge in [0.05, 0.1) is 13.7 Å². The Morgan fingerprint density at radius 2 is 2.50 bits per heavy atom. The number of aromatic nitrogens is 2. The highest BCUT2D eigenvalue weighted by molar-refractivity contribution is 5.93. The van der Waals surface area contributed by atoms with Gasteiger partial charge in [0.15, 0.2) is 0 Å². The lowest BCUT2D eigenvalue weighted by Crippen LogP contribution is -2.12. The molecule has 1 aromatic rings. The van der Waals surface area contributed by atoms with Gasteiger partial charge in [-0.1, -0.05) is 0 Å². The second kappa shape index (κ2) is 4.44. The van der Waals surface area contributed by atoms with Gasteiger partial charge < -0.3 is 15.2 Å². The molecular formula is C10H13N3O3. The molecule has 1 atom stereocenters. The molecule has 6 heteroatoms. The molecule has 1 saturated heterocycles. The third-order valence-corrected chi connectivity index (χ3v) is 2.54. The quantitative estimate of drug-likeness (QED) is 0.728. The summed E-state index contributed by atoms with van der Waals surface area (Å²) in [6, 6.07) is 0. The van der Waals surface area contributed by atoms with Crippen molar-refractivity contribution < 1.29 is 14.3 Å². The molecule has 1 aliphatic rings. The van der Waals surface area contributed by atoms with Crippen molar-refractivity contribution in [1.29, 1.82) is 0 Å². The van der Waals surface area contributed by atoms with Crippen LogP contribution >= 0.6 is 0 Å². The minimum absolute atomic E-state index is 0.156. The van der Waals surface area contributed by atoms with E-state index >= 15 is 0 Å². The summed E-state index contributed by atoms with van der Waals surface area (Å²) in [6.07, 6.45) is 2.29. The van der Waals surface area contributed by atoms with E-state index in [9.17, 15) is 4.79 Å². The largest absolute Gasteiger partial charge is 0.465 e. The first-order valence-corrected chi connectivity index (χ1v) is 5.01. The number of hydrogen-bond acceptors (Lipinski definition) is 6. The first kappa shape index (κ1) is 10.8. The van der Waals surface area contributed by atoms with Crippen molar-refractivity contribution in [3.63, 3.8) is 0 Å². The molecule has 0 radical (unpaired) electrons. The number of hydrogen-bond donors (Lipinski definition) is 1. The summed E-state index contributed by atoms with van der Waals surface area (Å²) in [5, 5.41) is 0. The van der Waals surface area contributed by atoms with Crippen molar-refractivity contribution in [2.45, 2.75) is 12.3 Å². The van der Waals surface area contributed by atoms with E-state index in [1.807, 2.05) is 0 Å². The number of nitrogens with zero attached hydrogens (tertiary/aromatic N) is 2. The first-order chi connectivity index (χ1) is 7.72. The molecule has 1 fully saturated rings. The fourth-order valence-electron chi connectivity index (χ4n) is 1.61. The van der Waals surface area contributed by atoms with Crippen LogP contribution in [0.3, 0.4) is 0 Å². The highest BCUT2D eigenvalue weighted by atomic mass is 16.5. The zero-order valence-electron chi connectivity index (χ0n) is 8.97. The van der Waals surface area contributed by atoms with Gasteiger partial charge >= 0.3 is 5.97 Å². The van der Waals surface area contributed by atoms with E-state index in [1.165, 1.54) is 13.3 Å². The first-order valence-electron chi connectivity index (χ1n) is 5.01. The maximum Gasteiger partial charge on any atom is 0.343 e. The molecule has 1 aliphatic heterocycles. The van der Waals surface area contributed by atoms with E-state index in [2.05, 4.69) is 14.7 Å². The maximum absolute atomic E-state index is 11.3. The van der Waals surface area contributed by atoms with E-state index in [0.29, 0.717) is 19.0 Å². The van der Waals surface area contributed by atoms with Crippen molar-refractivity contribution in [1.82, 2.24) is 9.97 Å². The summed E-state index contributed by atoms with van der Waals surface area (Å²) in [4.78, 5) is 19.5. The number of anilines is 1. The minimum atomic E-state index is -0.522. The molecule has 6 nitrogen and oxygen atoms in total. The number of nitrogens with two attached hydrogens (primary N) is 1. The predicted octanol–water partition coefficient (Wildman–Crippen LogP) is 0.349. The molecule has 0 bridgehead atoms. The van der Waals surface area contributed by atoms with Crippen LogP contribution in [-0.2, 0) is 9.47 Å². The molecule has 2 rings (SSSR count). The van der Waals surface area contributed by atoms with Crippen LogP contribution in [0.4, 0.5) is 5.82 Å². The fraction of sp³-hybridized carbons (Fsp3) is 0.500. The number of carbonyl (C=O) groups is 1. The Balaban J connectivity index is 2.25. The van der Waals surface area contributed by atoms with E-state index in [0.717, 1.165) is 6.42 Å². The van der Waals surface area contributed by atoms with Crippen LogP contribution in [0, 0.1) is 0 Å². The molecule has 0 aliphatic carbocycles. The molecule has 0 spiro atoms. The average molecular weight is 223 g/mol. The molecule has 1 aromatic heterocycles. The number of nitrogen functional groups attached to an aromatic ring is 1. The Labute approximate surface area is 92.8 Å². The highest BCUT2D eigenvalue weighted by Crippen LogP contribution is 2.23. The van der Waals surface area contributed by atoms with Crippen LogP contribution in [0.1, 0.15) is 28.5 Å². The van der Waals surface area contributed by atoms with Crippen molar-refractivity contribution in [3.05, 3.63) is 17.6 Å². The van der Waals surface area contributed by atoms with Gasteiger partial charge in [0.1, 0.15) is 17.2 Å². The molecule has 2 N–H and O–H groups in total. The third-order valence-electron chi connectivity index (χ3n) is 2.54. The smallest absolute Gasteiger partial charge is 0.343 e. The summed E-state index contributed by atoms with van der Waals surface area (Å²) in [5.41, 5.74) is 5.87. The number of carbonyl (C=O) groups excluding carboxylic acids is 1. The van der Waals surface area contributed by atoms with E-state index in [-0.39, 0.29) is 17.3 Å². The second-order valence-corrected chi connectivity index (χ2v) is 3.58. The van der Waals surface area contributed by atoms with Crippen molar-refractivity contribution in [2.24, 2.45) is 0 Å². The van der Waals surface area contributed by atoms with Gasteiger partial charge in [-0.15, -0.1) is 0 Å². The van der Waals surface area contributed by atoms with Gasteiger partial charge in [0.2, 0.25) is 0 Å². The number of methoxy groups -OCH3 is 1. The molecule has 16 heavy (non-hydrogen) atoms. The van der Waals surface area contributed by atoms with Crippen LogP contribution in [0.5, 0.6) is 0 Å². The molecule has 1 unspecified atom stereocenters. The monoisotopic (exact) mass is 223 g/mol. The van der Waals surface area contributed by atoms with Crippen LogP contribution in [0.25, 0.3) is 0 Å². The summed E-state index contributed by atoms with van der Waals surface area (Å²) in [6.45, 7) is 1.32. The van der Waals surface area contributed by atoms with Crippen LogP contribution < -0.4 is 5.73 Å². The second-order valence-electron chi connectivity index (χ2n) is 3.58. The van der Waals surface area contributed by atoms with Crippen molar-refractivity contribution in [2.75, 3.05) is 26.1 Å². The molecular weight excluding hydrogens is 210 g/mol. The Bertz CT molecular complexity index is 402. The molecule has 2 heterocycles. The van der Waals surface area contributed by atoms with Crippen LogP contribution in [0.15, 0.2) is 6.20 Å². The van der Waals surface area contributed by atoms with Crippen LogP contribution in [-0.4, -0.2) is 36.3 Å². The van der Waals surface area contributed by atoms with Gasteiger partial charge in [-0.05, 0) is 6.42 Å². The Kier molecular flexibility index (Phi) is 3.00. The van der Waals surface area contributed by atoms with E-state index in [1.54, 1.807) is 0 Å². The topological polar surface area (TPSA) is 87.3 Å². The van der Waals surface area contributed by atoms with Crippen molar-refractivity contribution >= 4 is 11.8 Å². The fourth-order valence-corrected chi connectivity index (χ4v) is 1.61. The summed E-state index contributed by atoms with van der Waals surface area (Å²) < 4.78 is 9.80. The Morgan fingerprint density at radius 1 is 1.69 bits per heavy atom. The van der Waals surface area contributed by atoms with Crippen molar-refractivity contribution in [3.8, 4) is 0 Å². The zero-order valence-corrected chi connectivity index (χ0v) is 8.97. The SMILES string of the molecule is COC(=O)c1cnc(C2CCOC2)nc1N. The van der Waals surface area contributed by atoms with Gasteiger partial charge in [0, 0.05) is 18.7 Å². The van der Waals surface area contributed by atoms with E-state index in [4.69, 9.17) is 10.5 Å². The minimum Gasteiger partial charge on any atom is -0.465 e. The van der Waals surface area contributed by atoms with Crippen LogP contribution in [0.2, 0.25) is 0 Å². The van der Waals surface area contributed by atoms with Gasteiger partial charge in [0.25, 0.3) is 0 Å². The lowest BCUT2D eigenvalue weighted by Gasteiger charge is -2.08. The summed E-state index contributed by atoms with van der Waals surface area (Å²) in [5.74, 6) is 0.437. The summed E-state index contributed by atoms with van der Waals surface area (Å²) in [7, 11) is 1.29. The maximum atomic E-state index is 11.3. The normalized spacial score (nSPS) is 19.7. The standard InChI is InChI=1S/C10H13N3O3/c1-15-10(14)7-4-12-9(13-8(7)11)6-2-3-16-5-6/h4,6H,2-3,5H2,1H3,(H2,11,12,13). The van der Waals surface area contributed by atoms with Gasteiger partial charge in [-0.2, -0.15) is 0 Å².